The van der Waals surface area contributed by atoms with Crippen molar-refractivity contribution in [1.29, 1.82) is 0 Å². The van der Waals surface area contributed by atoms with Crippen molar-refractivity contribution < 1.29 is 9.53 Å². The summed E-state index contributed by atoms with van der Waals surface area (Å²) in [6.07, 6.45) is 8.65. The highest BCUT2D eigenvalue weighted by Crippen LogP contribution is 2.27. The van der Waals surface area contributed by atoms with E-state index in [0.29, 0.717) is 25.7 Å². The van der Waals surface area contributed by atoms with Gasteiger partial charge in [0.05, 0.1) is 13.2 Å². The molecule has 2 aliphatic rings. The Kier molecular flexibility index (Phi) is 6.80. The smallest absolute Gasteiger partial charge is 0.224 e. The van der Waals surface area contributed by atoms with Crippen molar-refractivity contribution >= 4 is 5.91 Å². The van der Waals surface area contributed by atoms with Crippen LogP contribution in [0.1, 0.15) is 51.9 Å². The summed E-state index contributed by atoms with van der Waals surface area (Å²) in [4.78, 5) is 13.9. The number of nitrogens with zero attached hydrogens (tertiary/aromatic N) is 1. The molecule has 1 amide bonds. The Bertz CT molecular complexity index is 282. The van der Waals surface area contributed by atoms with Gasteiger partial charge in [0.25, 0.3) is 0 Å². The summed E-state index contributed by atoms with van der Waals surface area (Å²) in [5.74, 6) is 1.23. The molecule has 0 radical (unpaired) electrons. The molecular weight excluding hydrogens is 252 g/mol. The van der Waals surface area contributed by atoms with Crippen LogP contribution in [-0.2, 0) is 9.53 Å². The summed E-state index contributed by atoms with van der Waals surface area (Å²) >= 11 is 0. The molecule has 1 saturated carbocycles. The van der Waals surface area contributed by atoms with E-state index in [4.69, 9.17) is 4.74 Å². The van der Waals surface area contributed by atoms with Crippen LogP contribution in [0.5, 0.6) is 0 Å². The minimum atomic E-state index is 0.278. The average Bonchev–Trinajstić information content (AvgIpc) is 2.50. The minimum Gasteiger partial charge on any atom is -0.378 e. The third kappa shape index (κ3) is 5.06. The Balaban J connectivity index is 1.56. The van der Waals surface area contributed by atoms with Crippen LogP contribution in [-0.4, -0.2) is 49.7 Å². The van der Waals surface area contributed by atoms with E-state index in [2.05, 4.69) is 12.2 Å². The Labute approximate surface area is 123 Å². The quantitative estimate of drug-likeness (QED) is 0.812. The minimum absolute atomic E-state index is 0.278. The molecule has 1 aliphatic carbocycles. The number of nitrogens with one attached hydrogen (secondary N) is 1. The second-order valence-electron chi connectivity index (χ2n) is 6.20. The van der Waals surface area contributed by atoms with Gasteiger partial charge in [0.1, 0.15) is 0 Å². The van der Waals surface area contributed by atoms with E-state index in [1.54, 1.807) is 0 Å². The Morgan fingerprint density at radius 1 is 1.20 bits per heavy atom. The number of hydrogen-bond acceptors (Lipinski definition) is 3. The molecule has 4 heteroatoms. The Hall–Kier alpha value is -0.610. The molecule has 4 nitrogen and oxygen atoms in total. The van der Waals surface area contributed by atoms with Crippen LogP contribution < -0.4 is 5.32 Å². The molecule has 2 fully saturated rings. The molecule has 2 rings (SSSR count). The average molecular weight is 282 g/mol. The molecule has 1 saturated heterocycles. The maximum atomic E-state index is 12.0. The van der Waals surface area contributed by atoms with Crippen LogP contribution >= 0.6 is 0 Å². The number of ether oxygens (including phenoxy) is 1. The third-order valence-corrected chi connectivity index (χ3v) is 4.68. The molecule has 0 aromatic rings. The van der Waals surface area contributed by atoms with Crippen LogP contribution in [0, 0.1) is 5.92 Å². The van der Waals surface area contributed by atoms with E-state index in [0.717, 1.165) is 25.6 Å². The monoisotopic (exact) mass is 282 g/mol. The molecule has 1 heterocycles. The highest BCUT2D eigenvalue weighted by Gasteiger charge is 2.21. The van der Waals surface area contributed by atoms with E-state index in [1.165, 1.54) is 38.5 Å². The Morgan fingerprint density at radius 2 is 1.90 bits per heavy atom. The first-order chi connectivity index (χ1) is 9.79. The zero-order valence-corrected chi connectivity index (χ0v) is 12.9. The molecule has 0 aromatic carbocycles. The summed E-state index contributed by atoms with van der Waals surface area (Å²) in [7, 11) is 0. The van der Waals surface area contributed by atoms with Crippen molar-refractivity contribution in [3.63, 3.8) is 0 Å². The van der Waals surface area contributed by atoms with Crippen LogP contribution in [0.4, 0.5) is 0 Å². The maximum absolute atomic E-state index is 12.0. The number of carbonyl (C=O) groups excluding carboxylic acids is 1. The van der Waals surface area contributed by atoms with Crippen molar-refractivity contribution in [1.82, 2.24) is 10.2 Å². The third-order valence-electron chi connectivity index (χ3n) is 4.68. The lowest BCUT2D eigenvalue weighted by Gasteiger charge is -2.30. The van der Waals surface area contributed by atoms with Crippen LogP contribution in [0.3, 0.4) is 0 Å². The predicted octanol–water partition coefficient (Wildman–Crippen LogP) is 2.18. The number of morpholine rings is 1. The molecule has 0 spiro atoms. The summed E-state index contributed by atoms with van der Waals surface area (Å²) in [5, 5.41) is 3.58. The number of rotatable bonds is 6. The molecule has 0 aromatic heterocycles. The van der Waals surface area contributed by atoms with Gasteiger partial charge in [0.2, 0.25) is 5.91 Å². The molecule has 116 valence electrons. The number of carbonyl (C=O) groups is 1. The SMILES string of the molecule is CCCC1CCC(NCCC(=O)N2CCOCC2)CC1. The van der Waals surface area contributed by atoms with E-state index in [1.807, 2.05) is 4.90 Å². The van der Waals surface area contributed by atoms with Gasteiger partial charge in [-0.2, -0.15) is 0 Å². The molecule has 0 unspecified atom stereocenters. The van der Waals surface area contributed by atoms with E-state index in [-0.39, 0.29) is 5.91 Å². The highest BCUT2D eigenvalue weighted by molar-refractivity contribution is 5.76. The van der Waals surface area contributed by atoms with Gasteiger partial charge in [-0.15, -0.1) is 0 Å². The van der Waals surface area contributed by atoms with Crippen LogP contribution in [0.15, 0.2) is 0 Å². The highest BCUT2D eigenvalue weighted by atomic mass is 16.5. The van der Waals surface area contributed by atoms with Crippen molar-refractivity contribution in [2.24, 2.45) is 5.92 Å². The lowest BCUT2D eigenvalue weighted by atomic mass is 9.83. The molecule has 20 heavy (non-hydrogen) atoms. The van der Waals surface area contributed by atoms with Crippen molar-refractivity contribution in [2.45, 2.75) is 57.9 Å². The van der Waals surface area contributed by atoms with Gasteiger partial charge in [-0.1, -0.05) is 19.8 Å². The largest absolute Gasteiger partial charge is 0.378 e. The van der Waals surface area contributed by atoms with E-state index in [9.17, 15) is 4.79 Å². The van der Waals surface area contributed by atoms with Crippen LogP contribution in [0.25, 0.3) is 0 Å². The first-order valence-corrected chi connectivity index (χ1v) is 8.38. The van der Waals surface area contributed by atoms with Crippen molar-refractivity contribution in [3.05, 3.63) is 0 Å². The molecule has 1 aliphatic heterocycles. The molecular formula is C16H30N2O2. The summed E-state index contributed by atoms with van der Waals surface area (Å²) in [6.45, 7) is 6.03. The Morgan fingerprint density at radius 3 is 2.55 bits per heavy atom. The lowest BCUT2D eigenvalue weighted by Crippen LogP contribution is -2.42. The van der Waals surface area contributed by atoms with Gasteiger partial charge >= 0.3 is 0 Å². The summed E-state index contributed by atoms with van der Waals surface area (Å²) < 4.78 is 5.27. The number of hydrogen-bond donors (Lipinski definition) is 1. The fourth-order valence-corrected chi connectivity index (χ4v) is 3.42. The second kappa shape index (κ2) is 8.63. The van der Waals surface area contributed by atoms with Gasteiger partial charge in [-0.25, -0.2) is 0 Å². The topological polar surface area (TPSA) is 41.6 Å². The molecule has 1 N–H and O–H groups in total. The summed E-state index contributed by atoms with van der Waals surface area (Å²) in [6, 6.07) is 0.639. The second-order valence-corrected chi connectivity index (χ2v) is 6.20. The van der Waals surface area contributed by atoms with Crippen molar-refractivity contribution in [3.8, 4) is 0 Å². The van der Waals surface area contributed by atoms with Crippen LogP contribution in [0.2, 0.25) is 0 Å². The first kappa shape index (κ1) is 15.8. The fourth-order valence-electron chi connectivity index (χ4n) is 3.42. The zero-order chi connectivity index (χ0) is 14.2. The van der Waals surface area contributed by atoms with Crippen molar-refractivity contribution in [2.75, 3.05) is 32.8 Å². The maximum Gasteiger partial charge on any atom is 0.224 e. The zero-order valence-electron chi connectivity index (χ0n) is 12.9. The summed E-state index contributed by atoms with van der Waals surface area (Å²) in [5.41, 5.74) is 0. The van der Waals surface area contributed by atoms with Gasteiger partial charge < -0.3 is 15.0 Å². The first-order valence-electron chi connectivity index (χ1n) is 8.38. The standard InChI is InChI=1S/C16H30N2O2/c1-2-3-14-4-6-15(7-5-14)17-9-8-16(19)18-10-12-20-13-11-18/h14-15,17H,2-13H2,1H3. The van der Waals surface area contributed by atoms with E-state index >= 15 is 0 Å². The van der Waals surface area contributed by atoms with Gasteiger partial charge in [0, 0.05) is 32.1 Å². The molecule has 0 atom stereocenters. The van der Waals surface area contributed by atoms with Gasteiger partial charge in [-0.3, -0.25) is 4.79 Å². The van der Waals surface area contributed by atoms with E-state index < -0.39 is 0 Å². The normalized spacial score (nSPS) is 27.6. The van der Waals surface area contributed by atoms with Gasteiger partial charge in [0.15, 0.2) is 0 Å². The lowest BCUT2D eigenvalue weighted by molar-refractivity contribution is -0.135. The fraction of sp³-hybridized carbons (Fsp3) is 0.938. The van der Waals surface area contributed by atoms with Gasteiger partial charge in [-0.05, 0) is 31.6 Å². The number of amides is 1. The molecule has 0 bridgehead atoms. The predicted molar refractivity (Wildman–Crippen MR) is 80.7 cm³/mol.